The van der Waals surface area contributed by atoms with Crippen LogP contribution < -0.4 is 10.6 Å². The average molecular weight is 533 g/mol. The van der Waals surface area contributed by atoms with Crippen molar-refractivity contribution in [3.8, 4) is 0 Å². The molecule has 2 N–H and O–H groups in total. The minimum Gasteiger partial charge on any atom is -0.357 e. The molecule has 0 aliphatic heterocycles. The number of rotatable bonds is 9. The fourth-order valence-electron chi connectivity index (χ4n) is 2.81. The van der Waals surface area contributed by atoms with Crippen molar-refractivity contribution in [3.05, 3.63) is 71.0 Å². The smallest absolute Gasteiger partial charge is 0.191 e. The van der Waals surface area contributed by atoms with Crippen molar-refractivity contribution in [2.75, 3.05) is 19.3 Å². The van der Waals surface area contributed by atoms with Crippen molar-refractivity contribution in [3.63, 3.8) is 0 Å². The summed E-state index contributed by atoms with van der Waals surface area (Å²) in [6, 6.07) is 14.4. The zero-order valence-corrected chi connectivity index (χ0v) is 20.0. The topological polar surface area (TPSA) is 70.6 Å². The zero-order valence-electron chi connectivity index (χ0n) is 16.8. The van der Waals surface area contributed by atoms with Gasteiger partial charge in [0.15, 0.2) is 15.8 Å². The minimum atomic E-state index is -3.21. The number of halogens is 2. The average Bonchev–Trinajstić information content (AvgIpc) is 2.65. The van der Waals surface area contributed by atoms with E-state index in [1.54, 1.807) is 0 Å². The Labute approximate surface area is 190 Å². The van der Waals surface area contributed by atoms with Gasteiger partial charge in [0, 0.05) is 19.3 Å². The molecule has 0 unspecified atom stereocenters. The molecule has 0 fully saturated rings. The lowest BCUT2D eigenvalue weighted by Crippen LogP contribution is -2.37. The second-order valence-corrected chi connectivity index (χ2v) is 8.83. The highest BCUT2D eigenvalue weighted by Gasteiger charge is 2.10. The van der Waals surface area contributed by atoms with Crippen LogP contribution in [0.2, 0.25) is 0 Å². The van der Waals surface area contributed by atoms with E-state index in [0.717, 1.165) is 19.4 Å². The predicted octanol–water partition coefficient (Wildman–Crippen LogP) is 3.68. The summed E-state index contributed by atoms with van der Waals surface area (Å²) in [5.41, 5.74) is 2.44. The van der Waals surface area contributed by atoms with Gasteiger partial charge >= 0.3 is 0 Å². The second kappa shape index (κ2) is 12.8. The molecule has 2 rings (SSSR count). The first-order valence-electron chi connectivity index (χ1n) is 9.38. The van der Waals surface area contributed by atoms with Gasteiger partial charge in [0.05, 0.1) is 12.3 Å². The molecule has 0 heterocycles. The van der Waals surface area contributed by atoms with Crippen LogP contribution in [0.5, 0.6) is 0 Å². The van der Waals surface area contributed by atoms with Crippen LogP contribution in [0, 0.1) is 5.82 Å². The Morgan fingerprint density at radius 2 is 1.79 bits per heavy atom. The van der Waals surface area contributed by atoms with Crippen LogP contribution in [0.25, 0.3) is 0 Å². The van der Waals surface area contributed by atoms with Gasteiger partial charge in [-0.05, 0) is 48.6 Å². The summed E-state index contributed by atoms with van der Waals surface area (Å²) < 4.78 is 36.9. The number of nitrogens with zero attached hydrogens (tertiary/aromatic N) is 1. The Hall–Kier alpha value is -1.68. The molecule has 2 aromatic rings. The third-order valence-electron chi connectivity index (χ3n) is 4.12. The first-order chi connectivity index (χ1) is 13.4. The Morgan fingerprint density at radius 3 is 2.45 bits per heavy atom. The van der Waals surface area contributed by atoms with E-state index < -0.39 is 15.7 Å². The van der Waals surface area contributed by atoms with Gasteiger partial charge in [0.25, 0.3) is 0 Å². The SMILES string of the molecule is CCNC(=NCc1cc(F)ccc1CS(C)(=O)=O)NCCCc1ccccc1.I. The van der Waals surface area contributed by atoms with Gasteiger partial charge in [0.2, 0.25) is 0 Å². The molecule has 0 amide bonds. The van der Waals surface area contributed by atoms with Crippen molar-refractivity contribution in [2.24, 2.45) is 4.99 Å². The number of aliphatic imine (C=N–C) groups is 1. The molecule has 0 bridgehead atoms. The molecule has 8 heteroatoms. The monoisotopic (exact) mass is 533 g/mol. The lowest BCUT2D eigenvalue weighted by molar-refractivity contribution is 0.600. The second-order valence-electron chi connectivity index (χ2n) is 6.69. The van der Waals surface area contributed by atoms with Crippen molar-refractivity contribution in [1.29, 1.82) is 0 Å². The van der Waals surface area contributed by atoms with Crippen molar-refractivity contribution >= 4 is 39.8 Å². The maximum absolute atomic E-state index is 13.6. The summed E-state index contributed by atoms with van der Waals surface area (Å²) in [4.78, 5) is 4.49. The number of hydrogen-bond acceptors (Lipinski definition) is 3. The predicted molar refractivity (Wildman–Crippen MR) is 128 cm³/mol. The summed E-state index contributed by atoms with van der Waals surface area (Å²) in [6.07, 6.45) is 3.09. The van der Waals surface area contributed by atoms with Crippen LogP contribution in [0.4, 0.5) is 4.39 Å². The summed E-state index contributed by atoms with van der Waals surface area (Å²) >= 11 is 0. The highest BCUT2D eigenvalue weighted by Crippen LogP contribution is 2.15. The molecule has 2 aromatic carbocycles. The van der Waals surface area contributed by atoms with Crippen molar-refractivity contribution in [1.82, 2.24) is 10.6 Å². The molecule has 29 heavy (non-hydrogen) atoms. The van der Waals surface area contributed by atoms with Crippen LogP contribution in [0.1, 0.15) is 30.0 Å². The lowest BCUT2D eigenvalue weighted by Gasteiger charge is -2.12. The number of aryl methyl sites for hydroxylation is 1. The van der Waals surface area contributed by atoms with Gasteiger partial charge in [-0.15, -0.1) is 24.0 Å². The largest absolute Gasteiger partial charge is 0.357 e. The summed E-state index contributed by atoms with van der Waals surface area (Å²) in [5, 5.41) is 6.43. The fraction of sp³-hybridized carbons (Fsp3) is 0.381. The summed E-state index contributed by atoms with van der Waals surface area (Å²) in [6.45, 7) is 3.62. The number of guanidine groups is 1. The summed E-state index contributed by atoms with van der Waals surface area (Å²) in [5.74, 6) is 0.104. The number of sulfone groups is 1. The number of nitrogens with one attached hydrogen (secondary N) is 2. The molecule has 0 radical (unpaired) electrons. The molecule has 0 saturated carbocycles. The van der Waals surface area contributed by atoms with Crippen LogP contribution in [-0.2, 0) is 28.6 Å². The first-order valence-corrected chi connectivity index (χ1v) is 11.4. The number of benzene rings is 2. The van der Waals surface area contributed by atoms with Crippen LogP contribution >= 0.6 is 24.0 Å². The Bertz CT molecular complexity index is 890. The normalized spacial score (nSPS) is 11.6. The van der Waals surface area contributed by atoms with Gasteiger partial charge in [-0.2, -0.15) is 0 Å². The third-order valence-corrected chi connectivity index (χ3v) is 4.95. The van der Waals surface area contributed by atoms with Crippen LogP contribution in [0.15, 0.2) is 53.5 Å². The summed E-state index contributed by atoms with van der Waals surface area (Å²) in [7, 11) is -3.21. The first kappa shape index (κ1) is 25.4. The van der Waals surface area contributed by atoms with Crippen LogP contribution in [0.3, 0.4) is 0 Å². The van der Waals surface area contributed by atoms with E-state index in [1.807, 2.05) is 25.1 Å². The third kappa shape index (κ3) is 10.1. The maximum atomic E-state index is 13.6. The Balaban J connectivity index is 0.00000420. The highest BCUT2D eigenvalue weighted by atomic mass is 127. The standard InChI is InChI=1S/C21H28FN3O2S.HI/c1-3-23-21(24-13-7-10-17-8-5-4-6-9-17)25-15-19-14-20(22)12-11-18(19)16-28(2,26)27;/h4-6,8-9,11-12,14H,3,7,10,13,15-16H2,1-2H3,(H2,23,24,25);1H. The Morgan fingerprint density at radius 1 is 1.07 bits per heavy atom. The molecular weight excluding hydrogens is 504 g/mol. The molecule has 0 aliphatic carbocycles. The maximum Gasteiger partial charge on any atom is 0.191 e. The molecule has 5 nitrogen and oxygen atoms in total. The zero-order chi connectivity index (χ0) is 20.4. The molecule has 0 atom stereocenters. The fourth-order valence-corrected chi connectivity index (χ4v) is 3.66. The van der Waals surface area contributed by atoms with E-state index in [2.05, 4.69) is 27.8 Å². The van der Waals surface area contributed by atoms with Gasteiger partial charge in [-0.3, -0.25) is 0 Å². The van der Waals surface area contributed by atoms with Gasteiger partial charge in [-0.1, -0.05) is 36.4 Å². The quantitative estimate of drug-likeness (QED) is 0.224. The van der Waals surface area contributed by atoms with E-state index in [4.69, 9.17) is 0 Å². The van der Waals surface area contributed by atoms with Crippen LogP contribution in [-0.4, -0.2) is 33.7 Å². The highest BCUT2D eigenvalue weighted by molar-refractivity contribution is 14.0. The van der Waals surface area contributed by atoms with E-state index in [0.29, 0.717) is 23.6 Å². The van der Waals surface area contributed by atoms with Gasteiger partial charge in [0.1, 0.15) is 5.82 Å². The molecular formula is C21H29FIN3O2S. The van der Waals surface area contributed by atoms with Gasteiger partial charge in [-0.25, -0.2) is 17.8 Å². The van der Waals surface area contributed by atoms with Gasteiger partial charge < -0.3 is 10.6 Å². The van der Waals surface area contributed by atoms with E-state index >= 15 is 0 Å². The molecule has 160 valence electrons. The molecule has 0 aliphatic rings. The van der Waals surface area contributed by atoms with Crippen molar-refractivity contribution < 1.29 is 12.8 Å². The van der Waals surface area contributed by atoms with E-state index in [1.165, 1.54) is 30.0 Å². The lowest BCUT2D eigenvalue weighted by atomic mass is 10.1. The van der Waals surface area contributed by atoms with E-state index in [-0.39, 0.29) is 36.3 Å². The van der Waals surface area contributed by atoms with E-state index in [9.17, 15) is 12.8 Å². The molecule has 0 spiro atoms. The number of hydrogen-bond donors (Lipinski definition) is 2. The van der Waals surface area contributed by atoms with Crippen molar-refractivity contribution in [2.45, 2.75) is 32.1 Å². The minimum absolute atomic E-state index is 0. The molecule has 0 aromatic heterocycles. The molecule has 0 saturated heterocycles. The Kier molecular flexibility index (Phi) is 11.2.